The van der Waals surface area contributed by atoms with Crippen molar-refractivity contribution in [3.63, 3.8) is 0 Å². The fraction of sp³-hybridized carbons (Fsp3) is 0.444. The van der Waals surface area contributed by atoms with E-state index < -0.39 is 0 Å². The van der Waals surface area contributed by atoms with Gasteiger partial charge in [0.1, 0.15) is 0 Å². The van der Waals surface area contributed by atoms with Crippen LogP contribution < -0.4 is 10.6 Å². The second kappa shape index (κ2) is 5.84. The standard InChI is InChI=1S/C9H11BrN2OS.ClH/c10-8-2-1-7(14-8)5-12-9(13)6-3-11-4-6;/h1-2,6,11H,3-5H2,(H,12,13);1H. The van der Waals surface area contributed by atoms with E-state index in [1.54, 1.807) is 11.3 Å². The Kier molecular flexibility index (Phi) is 5.05. The van der Waals surface area contributed by atoms with Crippen LogP contribution in [0.2, 0.25) is 0 Å². The maximum Gasteiger partial charge on any atom is 0.225 e. The highest BCUT2D eigenvalue weighted by Crippen LogP contribution is 2.21. The molecule has 0 aliphatic carbocycles. The van der Waals surface area contributed by atoms with Crippen molar-refractivity contribution < 1.29 is 4.79 Å². The highest BCUT2D eigenvalue weighted by Gasteiger charge is 2.24. The van der Waals surface area contributed by atoms with Gasteiger partial charge in [-0.25, -0.2) is 0 Å². The largest absolute Gasteiger partial charge is 0.351 e. The molecule has 1 aliphatic rings. The van der Waals surface area contributed by atoms with Crippen molar-refractivity contribution in [1.29, 1.82) is 0 Å². The van der Waals surface area contributed by atoms with Crippen LogP contribution >= 0.6 is 39.7 Å². The number of nitrogens with one attached hydrogen (secondary N) is 2. The van der Waals surface area contributed by atoms with E-state index in [0.717, 1.165) is 16.9 Å². The highest BCUT2D eigenvalue weighted by molar-refractivity contribution is 9.11. The van der Waals surface area contributed by atoms with E-state index in [4.69, 9.17) is 0 Å². The van der Waals surface area contributed by atoms with Gasteiger partial charge < -0.3 is 10.6 Å². The summed E-state index contributed by atoms with van der Waals surface area (Å²) in [6.45, 7) is 2.28. The summed E-state index contributed by atoms with van der Waals surface area (Å²) in [5.74, 6) is 0.340. The molecule has 0 atom stereocenters. The van der Waals surface area contributed by atoms with E-state index in [0.29, 0.717) is 6.54 Å². The normalized spacial score (nSPS) is 15.3. The predicted octanol–water partition coefficient (Wildman–Crippen LogP) is 1.77. The fourth-order valence-corrected chi connectivity index (χ4v) is 2.66. The Bertz CT molecular complexity index is 341. The van der Waals surface area contributed by atoms with Gasteiger partial charge in [0.25, 0.3) is 0 Å². The molecule has 0 spiro atoms. The molecular formula is C9H12BrClN2OS. The first-order valence-electron chi connectivity index (χ1n) is 4.48. The van der Waals surface area contributed by atoms with E-state index in [1.165, 1.54) is 4.88 Å². The predicted molar refractivity (Wildman–Crippen MR) is 67.5 cm³/mol. The van der Waals surface area contributed by atoms with Crippen LogP contribution in [0, 0.1) is 5.92 Å². The molecule has 15 heavy (non-hydrogen) atoms. The van der Waals surface area contributed by atoms with Crippen LogP contribution in [0.5, 0.6) is 0 Å². The molecule has 0 aromatic carbocycles. The van der Waals surface area contributed by atoms with Crippen molar-refractivity contribution in [2.24, 2.45) is 5.92 Å². The highest BCUT2D eigenvalue weighted by atomic mass is 79.9. The van der Waals surface area contributed by atoms with Gasteiger partial charge in [0.2, 0.25) is 5.91 Å². The molecule has 2 N–H and O–H groups in total. The van der Waals surface area contributed by atoms with Crippen molar-refractivity contribution in [2.75, 3.05) is 13.1 Å². The summed E-state index contributed by atoms with van der Waals surface area (Å²) >= 11 is 5.04. The van der Waals surface area contributed by atoms with Crippen LogP contribution in [0.15, 0.2) is 15.9 Å². The monoisotopic (exact) mass is 310 g/mol. The summed E-state index contributed by atoms with van der Waals surface area (Å²) in [5.41, 5.74) is 0. The number of carbonyl (C=O) groups excluding carboxylic acids is 1. The maximum absolute atomic E-state index is 11.4. The molecule has 1 aromatic heterocycles. The zero-order valence-electron chi connectivity index (χ0n) is 7.96. The lowest BCUT2D eigenvalue weighted by Gasteiger charge is -2.25. The number of amides is 1. The molecule has 1 fully saturated rings. The van der Waals surface area contributed by atoms with Gasteiger partial charge in [-0.05, 0) is 28.1 Å². The third-order valence-electron chi connectivity index (χ3n) is 2.22. The SMILES string of the molecule is Cl.O=C(NCc1ccc(Br)s1)C1CNC1. The summed E-state index contributed by atoms with van der Waals surface area (Å²) in [6.07, 6.45) is 0. The molecule has 1 aromatic rings. The lowest BCUT2D eigenvalue weighted by molar-refractivity contribution is -0.126. The number of thiophene rings is 1. The van der Waals surface area contributed by atoms with Crippen LogP contribution in [-0.4, -0.2) is 19.0 Å². The second-order valence-corrected chi connectivity index (χ2v) is 5.83. The number of carbonyl (C=O) groups is 1. The lowest BCUT2D eigenvalue weighted by Crippen LogP contribution is -2.50. The van der Waals surface area contributed by atoms with Crippen molar-refractivity contribution >= 4 is 45.6 Å². The summed E-state index contributed by atoms with van der Waals surface area (Å²) in [4.78, 5) is 12.6. The van der Waals surface area contributed by atoms with Gasteiger partial charge in [0, 0.05) is 18.0 Å². The molecule has 84 valence electrons. The Morgan fingerprint density at radius 1 is 1.60 bits per heavy atom. The molecule has 0 unspecified atom stereocenters. The number of halogens is 2. The molecule has 2 rings (SSSR count). The van der Waals surface area contributed by atoms with Crippen molar-refractivity contribution in [3.8, 4) is 0 Å². The maximum atomic E-state index is 11.4. The first-order valence-corrected chi connectivity index (χ1v) is 6.09. The number of hydrogen-bond donors (Lipinski definition) is 2. The van der Waals surface area contributed by atoms with Crippen molar-refractivity contribution in [1.82, 2.24) is 10.6 Å². The van der Waals surface area contributed by atoms with Crippen LogP contribution in [-0.2, 0) is 11.3 Å². The van der Waals surface area contributed by atoms with Gasteiger partial charge in [-0.15, -0.1) is 23.7 Å². The van der Waals surface area contributed by atoms with Crippen LogP contribution in [0.4, 0.5) is 0 Å². The van der Waals surface area contributed by atoms with Crippen LogP contribution in [0.25, 0.3) is 0 Å². The van der Waals surface area contributed by atoms with Crippen molar-refractivity contribution in [2.45, 2.75) is 6.54 Å². The first kappa shape index (κ1) is 13.0. The second-order valence-electron chi connectivity index (χ2n) is 3.28. The molecule has 6 heteroatoms. The minimum atomic E-state index is 0. The zero-order valence-corrected chi connectivity index (χ0v) is 11.2. The minimum Gasteiger partial charge on any atom is -0.351 e. The first-order chi connectivity index (χ1) is 6.75. The molecule has 1 aliphatic heterocycles. The molecule has 1 saturated heterocycles. The number of rotatable bonds is 3. The summed E-state index contributed by atoms with van der Waals surface area (Å²) < 4.78 is 1.10. The third-order valence-corrected chi connectivity index (χ3v) is 3.84. The molecular weight excluding hydrogens is 300 g/mol. The Labute approximate surface area is 107 Å². The van der Waals surface area contributed by atoms with E-state index in [9.17, 15) is 4.79 Å². The Hall–Kier alpha value is -0.100. The van der Waals surface area contributed by atoms with E-state index in [2.05, 4.69) is 26.6 Å². The molecule has 0 saturated carbocycles. The van der Waals surface area contributed by atoms with Gasteiger partial charge >= 0.3 is 0 Å². The van der Waals surface area contributed by atoms with Gasteiger partial charge in [-0.3, -0.25) is 4.79 Å². The molecule has 1 amide bonds. The average Bonchev–Trinajstić information content (AvgIpc) is 2.45. The van der Waals surface area contributed by atoms with Gasteiger partial charge in [0.05, 0.1) is 16.2 Å². The van der Waals surface area contributed by atoms with E-state index in [1.807, 2.05) is 12.1 Å². The smallest absolute Gasteiger partial charge is 0.225 e. The quantitative estimate of drug-likeness (QED) is 0.893. The minimum absolute atomic E-state index is 0. The van der Waals surface area contributed by atoms with Crippen LogP contribution in [0.1, 0.15) is 4.88 Å². The Balaban J connectivity index is 0.00000112. The van der Waals surface area contributed by atoms with Gasteiger partial charge in [-0.1, -0.05) is 0 Å². The van der Waals surface area contributed by atoms with E-state index >= 15 is 0 Å². The van der Waals surface area contributed by atoms with Crippen LogP contribution in [0.3, 0.4) is 0 Å². The lowest BCUT2D eigenvalue weighted by atomic mass is 10.0. The molecule has 0 bridgehead atoms. The van der Waals surface area contributed by atoms with E-state index in [-0.39, 0.29) is 24.2 Å². The Morgan fingerprint density at radius 2 is 2.33 bits per heavy atom. The summed E-state index contributed by atoms with van der Waals surface area (Å²) in [5, 5.41) is 6.00. The third kappa shape index (κ3) is 3.45. The van der Waals surface area contributed by atoms with Gasteiger partial charge in [-0.2, -0.15) is 0 Å². The summed E-state index contributed by atoms with van der Waals surface area (Å²) in [7, 11) is 0. The fourth-order valence-electron chi connectivity index (χ4n) is 1.24. The Morgan fingerprint density at radius 3 is 2.80 bits per heavy atom. The average molecular weight is 312 g/mol. The molecule has 2 heterocycles. The zero-order chi connectivity index (χ0) is 9.97. The van der Waals surface area contributed by atoms with Crippen molar-refractivity contribution in [3.05, 3.63) is 20.8 Å². The molecule has 0 radical (unpaired) electrons. The van der Waals surface area contributed by atoms with Gasteiger partial charge in [0.15, 0.2) is 0 Å². The number of hydrogen-bond acceptors (Lipinski definition) is 3. The topological polar surface area (TPSA) is 41.1 Å². The summed E-state index contributed by atoms with van der Waals surface area (Å²) in [6, 6.07) is 4.02. The molecule has 3 nitrogen and oxygen atoms in total.